The van der Waals surface area contributed by atoms with E-state index >= 15 is 0 Å². The van der Waals surface area contributed by atoms with Crippen LogP contribution >= 0.6 is 23.2 Å². The summed E-state index contributed by atoms with van der Waals surface area (Å²) in [5, 5.41) is 3.95. The van der Waals surface area contributed by atoms with Crippen LogP contribution in [0, 0.1) is 0 Å². The van der Waals surface area contributed by atoms with E-state index in [0.717, 1.165) is 6.42 Å². The van der Waals surface area contributed by atoms with Gasteiger partial charge in [0, 0.05) is 5.56 Å². The molecule has 1 rings (SSSR count). The number of hydrogen-bond donors (Lipinski definition) is 1. The average molecular weight is 290 g/mol. The number of halogens is 2. The van der Waals surface area contributed by atoms with Gasteiger partial charge in [0.05, 0.1) is 17.2 Å². The zero-order valence-corrected chi connectivity index (χ0v) is 12.2. The molecule has 0 fully saturated rings. The van der Waals surface area contributed by atoms with Crippen molar-refractivity contribution in [3.05, 3.63) is 33.8 Å². The van der Waals surface area contributed by atoms with Gasteiger partial charge in [-0.1, -0.05) is 42.3 Å². The molecule has 1 atom stereocenters. The molecule has 0 radical (unpaired) electrons. The van der Waals surface area contributed by atoms with Crippen molar-refractivity contribution in [2.75, 3.05) is 13.7 Å². The van der Waals surface area contributed by atoms with Gasteiger partial charge >= 0.3 is 5.97 Å². The molecule has 3 nitrogen and oxygen atoms in total. The number of carbonyl (C=O) groups is 1. The summed E-state index contributed by atoms with van der Waals surface area (Å²) in [6.07, 6.45) is 0.894. The molecule has 0 amide bonds. The largest absolute Gasteiger partial charge is 0.467 e. The van der Waals surface area contributed by atoms with Crippen molar-refractivity contribution < 1.29 is 9.53 Å². The van der Waals surface area contributed by atoms with E-state index in [9.17, 15) is 4.79 Å². The maximum absolute atomic E-state index is 12.0. The molecule has 5 heteroatoms. The van der Waals surface area contributed by atoms with Crippen LogP contribution in [0.15, 0.2) is 18.2 Å². The lowest BCUT2D eigenvalue weighted by Gasteiger charge is -2.29. The molecule has 0 aliphatic rings. The Labute approximate surface area is 117 Å². The zero-order valence-electron chi connectivity index (χ0n) is 10.7. The number of hydrogen-bond acceptors (Lipinski definition) is 3. The number of ether oxygens (including phenoxy) is 1. The van der Waals surface area contributed by atoms with E-state index in [1.54, 1.807) is 25.1 Å². The van der Waals surface area contributed by atoms with E-state index in [1.807, 2.05) is 6.92 Å². The van der Waals surface area contributed by atoms with Gasteiger partial charge in [0.25, 0.3) is 0 Å². The molecule has 18 heavy (non-hydrogen) atoms. The first-order valence-corrected chi connectivity index (χ1v) is 6.51. The second kappa shape index (κ2) is 6.41. The molecule has 0 spiro atoms. The van der Waals surface area contributed by atoms with Gasteiger partial charge < -0.3 is 4.74 Å². The number of benzene rings is 1. The molecule has 0 aliphatic heterocycles. The number of rotatable bonds is 5. The number of nitrogens with one attached hydrogen (secondary N) is 1. The first kappa shape index (κ1) is 15.3. The highest BCUT2D eigenvalue weighted by atomic mass is 35.5. The fourth-order valence-corrected chi connectivity index (χ4v) is 2.24. The third kappa shape index (κ3) is 2.97. The Hall–Kier alpha value is -0.770. The van der Waals surface area contributed by atoms with Gasteiger partial charge in [0.2, 0.25) is 0 Å². The lowest BCUT2D eigenvalue weighted by Crippen LogP contribution is -2.48. The van der Waals surface area contributed by atoms with Crippen LogP contribution in [0.2, 0.25) is 10.0 Å². The molecule has 0 aliphatic carbocycles. The van der Waals surface area contributed by atoms with Crippen molar-refractivity contribution in [3.63, 3.8) is 0 Å². The predicted octanol–water partition coefficient (Wildman–Crippen LogP) is 3.38. The lowest BCUT2D eigenvalue weighted by molar-refractivity contribution is -0.148. The second-order valence-electron chi connectivity index (χ2n) is 4.14. The molecule has 1 unspecified atom stereocenters. The third-order valence-corrected chi connectivity index (χ3v) is 3.63. The van der Waals surface area contributed by atoms with Gasteiger partial charge in [-0.25, -0.2) is 4.79 Å². The predicted molar refractivity (Wildman–Crippen MR) is 74.1 cm³/mol. The SMILES string of the molecule is CCCNC(C)(C(=O)OC)c1cccc(Cl)c1Cl. The van der Waals surface area contributed by atoms with Crippen LogP contribution in [0.25, 0.3) is 0 Å². The van der Waals surface area contributed by atoms with E-state index < -0.39 is 5.54 Å². The Kier molecular flexibility index (Phi) is 5.45. The van der Waals surface area contributed by atoms with Gasteiger partial charge in [-0.2, -0.15) is 0 Å². The molecular weight excluding hydrogens is 273 g/mol. The summed E-state index contributed by atoms with van der Waals surface area (Å²) in [6.45, 7) is 4.44. The van der Waals surface area contributed by atoms with E-state index in [0.29, 0.717) is 22.2 Å². The molecule has 1 aromatic carbocycles. The van der Waals surface area contributed by atoms with Crippen molar-refractivity contribution in [3.8, 4) is 0 Å². The van der Waals surface area contributed by atoms with Gasteiger partial charge in [-0.3, -0.25) is 5.32 Å². The van der Waals surface area contributed by atoms with Crippen molar-refractivity contribution in [1.29, 1.82) is 0 Å². The van der Waals surface area contributed by atoms with Gasteiger partial charge in [-0.15, -0.1) is 0 Å². The fraction of sp³-hybridized carbons (Fsp3) is 0.462. The zero-order chi connectivity index (χ0) is 13.8. The molecule has 0 aromatic heterocycles. The molecule has 0 bridgehead atoms. The summed E-state index contributed by atoms with van der Waals surface area (Å²) in [5.41, 5.74) is -0.371. The van der Waals surface area contributed by atoms with Crippen LogP contribution < -0.4 is 5.32 Å². The van der Waals surface area contributed by atoms with Crippen LogP contribution in [0.1, 0.15) is 25.8 Å². The summed E-state index contributed by atoms with van der Waals surface area (Å²) in [7, 11) is 1.35. The Balaban J connectivity index is 3.25. The van der Waals surface area contributed by atoms with Gasteiger partial charge in [0.15, 0.2) is 0 Å². The number of carbonyl (C=O) groups excluding carboxylic acids is 1. The topological polar surface area (TPSA) is 38.3 Å². The van der Waals surface area contributed by atoms with Crippen LogP contribution in [0.5, 0.6) is 0 Å². The second-order valence-corrected chi connectivity index (χ2v) is 4.93. The highest BCUT2D eigenvalue weighted by Gasteiger charge is 2.37. The van der Waals surface area contributed by atoms with Crippen LogP contribution in [-0.4, -0.2) is 19.6 Å². The maximum atomic E-state index is 12.0. The van der Waals surface area contributed by atoms with Crippen molar-refractivity contribution in [2.45, 2.75) is 25.8 Å². The monoisotopic (exact) mass is 289 g/mol. The Bertz CT molecular complexity index is 437. The first-order valence-electron chi connectivity index (χ1n) is 5.75. The number of methoxy groups -OCH3 is 1. The minimum Gasteiger partial charge on any atom is -0.467 e. The van der Waals surface area contributed by atoms with E-state index in [4.69, 9.17) is 27.9 Å². The molecule has 1 N–H and O–H groups in total. The molecule has 0 saturated carbocycles. The van der Waals surface area contributed by atoms with Crippen LogP contribution in [0.4, 0.5) is 0 Å². The lowest BCUT2D eigenvalue weighted by atomic mass is 9.91. The van der Waals surface area contributed by atoms with E-state index in [2.05, 4.69) is 5.32 Å². The van der Waals surface area contributed by atoms with Crippen molar-refractivity contribution in [1.82, 2.24) is 5.32 Å². The standard InChI is InChI=1S/C13H17Cl2NO2/c1-4-8-16-13(2,12(17)18-3)9-6-5-7-10(14)11(9)15/h5-7,16H,4,8H2,1-3H3. The summed E-state index contributed by atoms with van der Waals surface area (Å²) < 4.78 is 4.86. The molecule has 100 valence electrons. The highest BCUT2D eigenvalue weighted by molar-refractivity contribution is 6.42. The first-order chi connectivity index (χ1) is 8.47. The van der Waals surface area contributed by atoms with Gasteiger partial charge in [-0.05, 0) is 26.0 Å². The minimum atomic E-state index is -0.993. The van der Waals surface area contributed by atoms with Crippen molar-refractivity contribution in [2.24, 2.45) is 0 Å². The molecule has 0 heterocycles. The smallest absolute Gasteiger partial charge is 0.330 e. The summed E-state index contributed by atoms with van der Waals surface area (Å²) >= 11 is 12.2. The van der Waals surface area contributed by atoms with Crippen molar-refractivity contribution >= 4 is 29.2 Å². The van der Waals surface area contributed by atoms with Crippen LogP contribution in [0.3, 0.4) is 0 Å². The Morgan fingerprint density at radius 1 is 1.44 bits per heavy atom. The average Bonchev–Trinajstić information content (AvgIpc) is 2.38. The maximum Gasteiger partial charge on any atom is 0.330 e. The molecular formula is C13H17Cl2NO2. The summed E-state index contributed by atoms with van der Waals surface area (Å²) in [5.74, 6) is -0.389. The Morgan fingerprint density at radius 3 is 2.67 bits per heavy atom. The molecule has 1 aromatic rings. The highest BCUT2D eigenvalue weighted by Crippen LogP contribution is 2.34. The van der Waals surface area contributed by atoms with Crippen LogP contribution in [-0.2, 0) is 15.1 Å². The van der Waals surface area contributed by atoms with Gasteiger partial charge in [0.1, 0.15) is 5.54 Å². The van der Waals surface area contributed by atoms with E-state index in [1.165, 1.54) is 7.11 Å². The Morgan fingerprint density at radius 2 is 2.11 bits per heavy atom. The minimum absolute atomic E-state index is 0.371. The summed E-state index contributed by atoms with van der Waals surface area (Å²) in [4.78, 5) is 12.0. The molecule has 0 saturated heterocycles. The number of esters is 1. The third-order valence-electron chi connectivity index (χ3n) is 2.81. The fourth-order valence-electron chi connectivity index (χ4n) is 1.75. The quantitative estimate of drug-likeness (QED) is 0.845. The summed E-state index contributed by atoms with van der Waals surface area (Å²) in [6, 6.07) is 5.22. The van der Waals surface area contributed by atoms with E-state index in [-0.39, 0.29) is 5.97 Å². The normalized spacial score (nSPS) is 14.1.